The summed E-state index contributed by atoms with van der Waals surface area (Å²) in [4.78, 5) is 24.3. The minimum Gasteiger partial charge on any atom is -0.490 e. The molecule has 0 saturated carbocycles. The highest BCUT2D eigenvalue weighted by Gasteiger charge is 2.15. The van der Waals surface area contributed by atoms with Gasteiger partial charge in [0.25, 0.3) is 5.91 Å². The van der Waals surface area contributed by atoms with E-state index in [2.05, 4.69) is 5.32 Å². The van der Waals surface area contributed by atoms with Gasteiger partial charge in [0.15, 0.2) is 18.1 Å². The average molecular weight is 371 g/mol. The van der Waals surface area contributed by atoms with Crippen molar-refractivity contribution in [2.75, 3.05) is 25.1 Å². The molecule has 2 aromatic rings. The quantitative estimate of drug-likeness (QED) is 0.713. The third kappa shape index (κ3) is 5.48. The molecule has 0 aromatic heterocycles. The average Bonchev–Trinajstić information content (AvgIpc) is 2.65. The van der Waals surface area contributed by atoms with Crippen molar-refractivity contribution in [2.45, 2.75) is 27.7 Å². The van der Waals surface area contributed by atoms with Gasteiger partial charge >= 0.3 is 5.97 Å². The van der Waals surface area contributed by atoms with E-state index in [4.69, 9.17) is 14.2 Å². The normalized spacial score (nSPS) is 10.2. The Hall–Kier alpha value is -3.02. The number of ether oxygens (including phenoxy) is 3. The second-order valence-electron chi connectivity index (χ2n) is 5.90. The van der Waals surface area contributed by atoms with Crippen molar-refractivity contribution in [1.82, 2.24) is 0 Å². The van der Waals surface area contributed by atoms with Gasteiger partial charge in [0.2, 0.25) is 0 Å². The number of hydrogen-bond donors (Lipinski definition) is 1. The van der Waals surface area contributed by atoms with Crippen molar-refractivity contribution in [2.24, 2.45) is 0 Å². The highest BCUT2D eigenvalue weighted by molar-refractivity contribution is 5.96. The molecule has 6 heteroatoms. The third-order valence-electron chi connectivity index (χ3n) is 3.99. The first-order valence-electron chi connectivity index (χ1n) is 8.89. The first-order chi connectivity index (χ1) is 13.0. The molecular weight excluding hydrogens is 346 g/mol. The summed E-state index contributed by atoms with van der Waals surface area (Å²) in [6, 6.07) is 10.4. The molecule has 2 aromatic carbocycles. The lowest BCUT2D eigenvalue weighted by Crippen LogP contribution is -2.21. The number of amides is 1. The molecule has 144 valence electrons. The second kappa shape index (κ2) is 9.62. The maximum Gasteiger partial charge on any atom is 0.338 e. The molecule has 0 aliphatic rings. The van der Waals surface area contributed by atoms with E-state index >= 15 is 0 Å². The molecule has 0 bridgehead atoms. The zero-order valence-electron chi connectivity index (χ0n) is 16.1. The largest absolute Gasteiger partial charge is 0.490 e. The molecule has 1 amide bonds. The van der Waals surface area contributed by atoms with E-state index in [1.54, 1.807) is 18.2 Å². The van der Waals surface area contributed by atoms with Crippen LogP contribution < -0.4 is 14.8 Å². The van der Waals surface area contributed by atoms with Crippen LogP contribution in [0, 0.1) is 13.8 Å². The zero-order chi connectivity index (χ0) is 19.8. The number of aryl methyl sites for hydroxylation is 1. The fourth-order valence-electron chi connectivity index (χ4n) is 2.47. The predicted octanol–water partition coefficient (Wildman–Crippen LogP) is 3.90. The number of nitrogens with one attached hydrogen (secondary N) is 1. The van der Waals surface area contributed by atoms with Crippen LogP contribution in [0.5, 0.6) is 11.5 Å². The molecule has 0 spiro atoms. The molecule has 0 unspecified atom stereocenters. The molecule has 2 rings (SSSR count). The van der Waals surface area contributed by atoms with Crippen LogP contribution in [-0.4, -0.2) is 31.7 Å². The van der Waals surface area contributed by atoms with Crippen LogP contribution in [0.15, 0.2) is 36.4 Å². The van der Waals surface area contributed by atoms with Crippen LogP contribution in [0.25, 0.3) is 0 Å². The van der Waals surface area contributed by atoms with Gasteiger partial charge in [-0.2, -0.15) is 0 Å². The minimum absolute atomic E-state index is 0.293. The summed E-state index contributed by atoms with van der Waals surface area (Å²) in [6.45, 7) is 8.16. The highest BCUT2D eigenvalue weighted by Crippen LogP contribution is 2.28. The van der Waals surface area contributed by atoms with E-state index < -0.39 is 11.9 Å². The Morgan fingerprint density at radius 2 is 1.67 bits per heavy atom. The monoisotopic (exact) mass is 371 g/mol. The van der Waals surface area contributed by atoms with E-state index in [0.29, 0.717) is 36.0 Å². The summed E-state index contributed by atoms with van der Waals surface area (Å²) in [6.07, 6.45) is 0. The Balaban J connectivity index is 1.99. The fourth-order valence-corrected chi connectivity index (χ4v) is 2.47. The maximum atomic E-state index is 12.2. The number of carbonyl (C=O) groups is 2. The van der Waals surface area contributed by atoms with Crippen LogP contribution in [0.2, 0.25) is 0 Å². The first-order valence-corrected chi connectivity index (χ1v) is 8.89. The summed E-state index contributed by atoms with van der Waals surface area (Å²) < 4.78 is 16.1. The van der Waals surface area contributed by atoms with Crippen molar-refractivity contribution in [1.29, 1.82) is 0 Å². The lowest BCUT2D eigenvalue weighted by molar-refractivity contribution is -0.119. The van der Waals surface area contributed by atoms with Crippen LogP contribution >= 0.6 is 0 Å². The van der Waals surface area contributed by atoms with Gasteiger partial charge in [-0.25, -0.2) is 4.79 Å². The van der Waals surface area contributed by atoms with Crippen molar-refractivity contribution in [3.05, 3.63) is 53.1 Å². The summed E-state index contributed by atoms with van der Waals surface area (Å²) >= 11 is 0. The van der Waals surface area contributed by atoms with Crippen LogP contribution in [0.3, 0.4) is 0 Å². The summed E-state index contributed by atoms with van der Waals surface area (Å²) in [5.41, 5.74) is 3.05. The molecule has 0 fully saturated rings. The van der Waals surface area contributed by atoms with E-state index in [9.17, 15) is 9.59 Å². The predicted molar refractivity (Wildman–Crippen MR) is 104 cm³/mol. The number of benzene rings is 2. The fraction of sp³-hybridized carbons (Fsp3) is 0.333. The van der Waals surface area contributed by atoms with E-state index in [0.717, 1.165) is 11.1 Å². The third-order valence-corrected chi connectivity index (χ3v) is 3.99. The minimum atomic E-state index is -0.602. The van der Waals surface area contributed by atoms with Gasteiger partial charge in [-0.3, -0.25) is 4.79 Å². The number of anilines is 1. The second-order valence-corrected chi connectivity index (χ2v) is 5.90. The molecule has 6 nitrogen and oxygen atoms in total. The van der Waals surface area contributed by atoms with Gasteiger partial charge < -0.3 is 19.5 Å². The lowest BCUT2D eigenvalue weighted by atomic mass is 10.1. The zero-order valence-corrected chi connectivity index (χ0v) is 16.1. The Labute approximate surface area is 159 Å². The van der Waals surface area contributed by atoms with E-state index in [1.165, 1.54) is 0 Å². The van der Waals surface area contributed by atoms with E-state index in [1.807, 2.05) is 45.9 Å². The smallest absolute Gasteiger partial charge is 0.338 e. The number of carbonyl (C=O) groups excluding carboxylic acids is 2. The summed E-state index contributed by atoms with van der Waals surface area (Å²) in [5.74, 6) is 0.0281. The van der Waals surface area contributed by atoms with Crippen molar-refractivity contribution in [3.8, 4) is 11.5 Å². The van der Waals surface area contributed by atoms with Crippen LogP contribution in [0.4, 0.5) is 5.69 Å². The molecule has 1 N–H and O–H groups in total. The maximum absolute atomic E-state index is 12.2. The van der Waals surface area contributed by atoms with Crippen LogP contribution in [0.1, 0.15) is 35.3 Å². The Bertz CT molecular complexity index is 816. The Morgan fingerprint density at radius 1 is 0.963 bits per heavy atom. The van der Waals surface area contributed by atoms with Gasteiger partial charge in [-0.1, -0.05) is 12.1 Å². The Morgan fingerprint density at radius 3 is 2.37 bits per heavy atom. The Kier molecular flexibility index (Phi) is 7.23. The van der Waals surface area contributed by atoms with Crippen LogP contribution in [-0.2, 0) is 9.53 Å². The van der Waals surface area contributed by atoms with Gasteiger partial charge in [0.05, 0.1) is 18.8 Å². The van der Waals surface area contributed by atoms with Gasteiger partial charge in [-0.15, -0.1) is 0 Å². The molecule has 0 heterocycles. The molecule has 0 aliphatic carbocycles. The number of esters is 1. The number of hydrogen-bond acceptors (Lipinski definition) is 5. The van der Waals surface area contributed by atoms with Crippen molar-refractivity contribution < 1.29 is 23.8 Å². The van der Waals surface area contributed by atoms with Gasteiger partial charge in [0, 0.05) is 5.69 Å². The molecular formula is C21H25NO5. The molecule has 0 atom stereocenters. The lowest BCUT2D eigenvalue weighted by Gasteiger charge is -2.13. The highest BCUT2D eigenvalue weighted by atomic mass is 16.5. The van der Waals surface area contributed by atoms with E-state index in [-0.39, 0.29) is 6.61 Å². The molecule has 0 aliphatic heterocycles. The molecule has 0 radical (unpaired) electrons. The summed E-state index contributed by atoms with van der Waals surface area (Å²) in [7, 11) is 0. The van der Waals surface area contributed by atoms with Crippen molar-refractivity contribution in [3.63, 3.8) is 0 Å². The summed E-state index contributed by atoms with van der Waals surface area (Å²) in [5, 5.41) is 2.75. The topological polar surface area (TPSA) is 73.9 Å². The SMILES string of the molecule is CCOc1ccc(C(=O)OCC(=O)Nc2cccc(C)c2C)cc1OCC. The van der Waals surface area contributed by atoms with Crippen molar-refractivity contribution >= 4 is 17.6 Å². The van der Waals surface area contributed by atoms with Gasteiger partial charge in [0.1, 0.15) is 0 Å². The standard InChI is InChI=1S/C21H25NO5/c1-5-25-18-11-10-16(12-19(18)26-6-2)21(24)27-13-20(23)22-17-9-7-8-14(3)15(17)4/h7-12H,5-6,13H2,1-4H3,(H,22,23). The number of rotatable bonds is 8. The molecule has 27 heavy (non-hydrogen) atoms. The van der Waals surface area contributed by atoms with Gasteiger partial charge in [-0.05, 0) is 63.1 Å². The molecule has 0 saturated heterocycles. The first kappa shape index (κ1) is 20.3.